The average molecular weight is 226 g/mol. The van der Waals surface area contributed by atoms with E-state index in [4.69, 9.17) is 0 Å². The first-order chi connectivity index (χ1) is 7.39. The molecule has 3 atom stereocenters. The summed E-state index contributed by atoms with van der Waals surface area (Å²) in [6, 6.07) is -0.0382. The first-order valence-corrected chi connectivity index (χ1v) is 5.72. The predicted molar refractivity (Wildman–Crippen MR) is 64.0 cm³/mol. The molecule has 0 aromatic heterocycles. The molecule has 0 spiro atoms. The number of hydrogen-bond donors (Lipinski definition) is 3. The molecule has 0 bridgehead atoms. The second kappa shape index (κ2) is 4.97. The van der Waals surface area contributed by atoms with Gasteiger partial charge in [0.25, 0.3) is 0 Å². The molecule has 1 aliphatic rings. The van der Waals surface area contributed by atoms with Crippen molar-refractivity contribution in [2.24, 2.45) is 5.41 Å². The molecular formula is C12H22N2O2. The summed E-state index contributed by atoms with van der Waals surface area (Å²) in [6.45, 7) is 9.88. The lowest BCUT2D eigenvalue weighted by Crippen LogP contribution is -2.63. The molecule has 0 aromatic carbocycles. The van der Waals surface area contributed by atoms with Gasteiger partial charge in [-0.15, -0.1) is 6.58 Å². The summed E-state index contributed by atoms with van der Waals surface area (Å²) in [6.07, 6.45) is 2.10. The lowest BCUT2D eigenvalue weighted by Gasteiger charge is -2.50. The molecule has 4 nitrogen and oxygen atoms in total. The van der Waals surface area contributed by atoms with Gasteiger partial charge >= 0.3 is 0 Å². The van der Waals surface area contributed by atoms with Crippen molar-refractivity contribution < 1.29 is 9.90 Å². The fourth-order valence-electron chi connectivity index (χ4n) is 1.89. The predicted octanol–water partition coefficient (Wildman–Crippen LogP) is 0.426. The van der Waals surface area contributed by atoms with Gasteiger partial charge < -0.3 is 15.7 Å². The Morgan fingerprint density at radius 1 is 1.69 bits per heavy atom. The number of aliphatic hydroxyl groups excluding tert-OH is 1. The summed E-state index contributed by atoms with van der Waals surface area (Å²) in [7, 11) is 0. The largest absolute Gasteiger partial charge is 0.392 e. The van der Waals surface area contributed by atoms with Crippen molar-refractivity contribution in [3.63, 3.8) is 0 Å². The maximum Gasteiger partial charge on any atom is 0.237 e. The highest BCUT2D eigenvalue weighted by atomic mass is 16.3. The Kier molecular flexibility index (Phi) is 4.10. The Labute approximate surface area is 97.1 Å². The Bertz CT molecular complexity index is 276. The standard InChI is InChI=1S/C12H22N2O2/c1-5-6-13-11(16)8(2)14-9-7-10(15)12(9,3)4/h5,8-10,14-15H,1,6-7H2,2-4H3,(H,13,16). The highest BCUT2D eigenvalue weighted by Crippen LogP contribution is 2.40. The Hall–Kier alpha value is -0.870. The van der Waals surface area contributed by atoms with Crippen LogP contribution in [0.2, 0.25) is 0 Å². The van der Waals surface area contributed by atoms with Gasteiger partial charge in [-0.2, -0.15) is 0 Å². The molecule has 3 N–H and O–H groups in total. The van der Waals surface area contributed by atoms with Crippen molar-refractivity contribution in [1.29, 1.82) is 0 Å². The molecule has 3 unspecified atom stereocenters. The van der Waals surface area contributed by atoms with Crippen molar-refractivity contribution >= 4 is 5.91 Å². The molecule has 1 saturated carbocycles. The van der Waals surface area contributed by atoms with E-state index in [0.717, 1.165) is 0 Å². The molecule has 0 saturated heterocycles. The van der Waals surface area contributed by atoms with Crippen molar-refractivity contribution in [2.75, 3.05) is 6.54 Å². The Morgan fingerprint density at radius 3 is 2.75 bits per heavy atom. The lowest BCUT2D eigenvalue weighted by atomic mass is 9.64. The molecule has 4 heteroatoms. The lowest BCUT2D eigenvalue weighted by molar-refractivity contribution is -0.125. The highest BCUT2D eigenvalue weighted by molar-refractivity contribution is 5.81. The van der Waals surface area contributed by atoms with E-state index in [1.54, 1.807) is 6.08 Å². The van der Waals surface area contributed by atoms with Crippen LogP contribution < -0.4 is 10.6 Å². The molecule has 92 valence electrons. The van der Waals surface area contributed by atoms with Gasteiger partial charge in [-0.3, -0.25) is 4.79 Å². The van der Waals surface area contributed by atoms with Crippen molar-refractivity contribution in [3.8, 4) is 0 Å². The number of carbonyl (C=O) groups excluding carboxylic acids is 1. The third-order valence-electron chi connectivity index (χ3n) is 3.48. The zero-order chi connectivity index (χ0) is 12.3. The van der Waals surface area contributed by atoms with Crippen LogP contribution in [0.25, 0.3) is 0 Å². The van der Waals surface area contributed by atoms with E-state index in [9.17, 15) is 9.90 Å². The second-order valence-corrected chi connectivity index (χ2v) is 5.05. The quantitative estimate of drug-likeness (QED) is 0.596. The summed E-state index contributed by atoms with van der Waals surface area (Å²) in [5.74, 6) is -0.0305. The molecule has 1 rings (SSSR count). The van der Waals surface area contributed by atoms with Crippen LogP contribution in [0.4, 0.5) is 0 Å². The number of nitrogens with one attached hydrogen (secondary N) is 2. The molecule has 0 aliphatic heterocycles. The topological polar surface area (TPSA) is 61.4 Å². The molecule has 0 heterocycles. The monoisotopic (exact) mass is 226 g/mol. The minimum absolute atomic E-state index is 0.0305. The fourth-order valence-corrected chi connectivity index (χ4v) is 1.89. The minimum Gasteiger partial charge on any atom is -0.392 e. The van der Waals surface area contributed by atoms with Gasteiger partial charge in [0.2, 0.25) is 5.91 Å². The van der Waals surface area contributed by atoms with Gasteiger partial charge in [-0.05, 0) is 13.3 Å². The number of rotatable bonds is 5. The van der Waals surface area contributed by atoms with Gasteiger partial charge in [0.15, 0.2) is 0 Å². The molecule has 0 radical (unpaired) electrons. The van der Waals surface area contributed by atoms with Gasteiger partial charge in [-0.25, -0.2) is 0 Å². The molecule has 1 aliphatic carbocycles. The molecule has 1 amide bonds. The Morgan fingerprint density at radius 2 is 2.31 bits per heavy atom. The zero-order valence-corrected chi connectivity index (χ0v) is 10.3. The summed E-state index contributed by atoms with van der Waals surface area (Å²) in [5.41, 5.74) is -0.146. The third-order valence-corrected chi connectivity index (χ3v) is 3.48. The summed E-state index contributed by atoms with van der Waals surface area (Å²) >= 11 is 0. The van der Waals surface area contributed by atoms with Gasteiger partial charge in [0.1, 0.15) is 0 Å². The van der Waals surface area contributed by atoms with Crippen LogP contribution in [0, 0.1) is 5.41 Å². The van der Waals surface area contributed by atoms with Gasteiger partial charge in [-0.1, -0.05) is 19.9 Å². The Balaban J connectivity index is 2.38. The summed E-state index contributed by atoms with van der Waals surface area (Å²) < 4.78 is 0. The van der Waals surface area contributed by atoms with E-state index in [1.807, 2.05) is 20.8 Å². The first-order valence-electron chi connectivity index (χ1n) is 5.72. The van der Waals surface area contributed by atoms with Crippen LogP contribution >= 0.6 is 0 Å². The first kappa shape index (κ1) is 13.2. The number of amides is 1. The highest BCUT2D eigenvalue weighted by Gasteiger charge is 2.47. The van der Waals surface area contributed by atoms with Crippen LogP contribution in [-0.4, -0.2) is 35.7 Å². The molecule has 1 fully saturated rings. The number of carbonyl (C=O) groups is 1. The van der Waals surface area contributed by atoms with Crippen LogP contribution in [0.5, 0.6) is 0 Å². The van der Waals surface area contributed by atoms with Crippen LogP contribution in [0.1, 0.15) is 27.2 Å². The van der Waals surface area contributed by atoms with Crippen LogP contribution in [-0.2, 0) is 4.79 Å². The van der Waals surface area contributed by atoms with E-state index < -0.39 is 0 Å². The normalized spacial score (nSPS) is 29.0. The van der Waals surface area contributed by atoms with Gasteiger partial charge in [0, 0.05) is 18.0 Å². The van der Waals surface area contributed by atoms with E-state index in [-0.39, 0.29) is 29.5 Å². The third kappa shape index (κ3) is 2.62. The van der Waals surface area contributed by atoms with E-state index >= 15 is 0 Å². The molecule has 16 heavy (non-hydrogen) atoms. The fraction of sp³-hybridized carbons (Fsp3) is 0.750. The maximum atomic E-state index is 11.6. The van der Waals surface area contributed by atoms with Crippen LogP contribution in [0.3, 0.4) is 0 Å². The summed E-state index contributed by atoms with van der Waals surface area (Å²) in [5, 5.41) is 15.6. The minimum atomic E-state index is -0.270. The zero-order valence-electron chi connectivity index (χ0n) is 10.3. The van der Waals surface area contributed by atoms with E-state index in [1.165, 1.54) is 0 Å². The number of aliphatic hydroxyl groups is 1. The van der Waals surface area contributed by atoms with Crippen molar-refractivity contribution in [2.45, 2.75) is 45.4 Å². The number of hydrogen-bond acceptors (Lipinski definition) is 3. The SMILES string of the molecule is C=CCNC(=O)C(C)NC1CC(O)C1(C)C. The average Bonchev–Trinajstić information content (AvgIpc) is 2.25. The van der Waals surface area contributed by atoms with Crippen molar-refractivity contribution in [3.05, 3.63) is 12.7 Å². The molecule has 0 aromatic rings. The maximum absolute atomic E-state index is 11.6. The molecular weight excluding hydrogens is 204 g/mol. The summed E-state index contributed by atoms with van der Waals surface area (Å²) in [4.78, 5) is 11.6. The van der Waals surface area contributed by atoms with E-state index in [2.05, 4.69) is 17.2 Å². The van der Waals surface area contributed by atoms with E-state index in [0.29, 0.717) is 13.0 Å². The smallest absolute Gasteiger partial charge is 0.237 e. The van der Waals surface area contributed by atoms with Gasteiger partial charge in [0.05, 0.1) is 12.1 Å². The second-order valence-electron chi connectivity index (χ2n) is 5.05. The van der Waals surface area contributed by atoms with Crippen molar-refractivity contribution in [1.82, 2.24) is 10.6 Å². The van der Waals surface area contributed by atoms with Crippen LogP contribution in [0.15, 0.2) is 12.7 Å².